The lowest BCUT2D eigenvalue weighted by Crippen LogP contribution is -2.40. The van der Waals surface area contributed by atoms with E-state index in [0.29, 0.717) is 45.8 Å². The molecule has 0 saturated carbocycles. The Kier molecular flexibility index (Phi) is 14.6. The van der Waals surface area contributed by atoms with Crippen LogP contribution in [0.2, 0.25) is 0 Å². The maximum absolute atomic E-state index is 13.8. The van der Waals surface area contributed by atoms with Crippen LogP contribution < -0.4 is 10.6 Å². The second kappa shape index (κ2) is 18.9. The number of nitrogens with one attached hydrogen (secondary N) is 3. The van der Waals surface area contributed by atoms with Crippen molar-refractivity contribution in [2.75, 3.05) is 30.9 Å². The first-order chi connectivity index (χ1) is 26.5. The maximum Gasteiger partial charge on any atom is 0.342 e. The number of nitrogens with zero attached hydrogens (tertiary/aromatic N) is 1. The highest BCUT2D eigenvalue weighted by molar-refractivity contribution is 8.00. The van der Waals surface area contributed by atoms with Gasteiger partial charge in [0.15, 0.2) is 0 Å². The van der Waals surface area contributed by atoms with Crippen molar-refractivity contribution < 1.29 is 38.2 Å². The van der Waals surface area contributed by atoms with Gasteiger partial charge in [0.05, 0.1) is 35.3 Å². The van der Waals surface area contributed by atoms with E-state index in [-0.39, 0.29) is 54.5 Å². The lowest BCUT2D eigenvalue weighted by atomic mass is 9.91. The number of ether oxygens (including phenoxy) is 3. The molecule has 298 valence electrons. The van der Waals surface area contributed by atoms with E-state index in [1.807, 2.05) is 81.4 Å². The number of aliphatic imine (C=N–C) groups is 1. The number of aromatic nitrogens is 1. The van der Waals surface area contributed by atoms with Gasteiger partial charge in [-0.25, -0.2) is 14.6 Å². The van der Waals surface area contributed by atoms with Gasteiger partial charge in [0.1, 0.15) is 29.4 Å². The maximum atomic E-state index is 13.8. The molecule has 3 N–H and O–H groups in total. The lowest BCUT2D eigenvalue weighted by Gasteiger charge is -2.20. The third-order valence-corrected chi connectivity index (χ3v) is 10.1. The highest BCUT2D eigenvalue weighted by Crippen LogP contribution is 2.40. The molecule has 0 fully saturated rings. The molecule has 2 aromatic carbocycles. The zero-order valence-electron chi connectivity index (χ0n) is 33.6. The minimum absolute atomic E-state index is 0.0234. The number of rotatable bonds is 15. The van der Waals surface area contributed by atoms with Crippen LogP contribution in [0.1, 0.15) is 90.3 Å². The Morgan fingerprint density at radius 3 is 1.98 bits per heavy atom. The Labute approximate surface area is 332 Å². The average Bonchev–Trinajstić information content (AvgIpc) is 3.70. The molecule has 0 radical (unpaired) electrons. The summed E-state index contributed by atoms with van der Waals surface area (Å²) in [6.45, 7) is 16.2. The quantitative estimate of drug-likeness (QED) is 0.0791. The largest absolute Gasteiger partial charge is 0.464 e. The van der Waals surface area contributed by atoms with Crippen molar-refractivity contribution in [3.63, 3.8) is 0 Å². The van der Waals surface area contributed by atoms with Crippen molar-refractivity contribution in [1.82, 2.24) is 10.3 Å². The van der Waals surface area contributed by atoms with Gasteiger partial charge in [-0.1, -0.05) is 88.4 Å². The van der Waals surface area contributed by atoms with Crippen molar-refractivity contribution in [2.24, 2.45) is 15.8 Å². The summed E-state index contributed by atoms with van der Waals surface area (Å²) in [5.41, 5.74) is 1.51. The molecule has 1 atom stereocenters. The van der Waals surface area contributed by atoms with Crippen molar-refractivity contribution in [3.8, 4) is 11.1 Å². The van der Waals surface area contributed by atoms with E-state index in [4.69, 9.17) is 19.2 Å². The standard InChI is InChI=1S/C43H52N4O8S/c1-10-43(8,9)41(52)55-23-24-56-26(4)37(48)46-35-33(38(49)53-11-2)31(27-19-15-13-16-20-27)29(44-35)25-30-32(28-21-17-14-18-22-28)34(39(50)54-12-3)36(45-30)47-40(51)42(5,6)7/h13-22,25-26,44H,10-12,23-24H2,1-9H3,(H,46,48)(H,45,47,51). The van der Waals surface area contributed by atoms with Crippen LogP contribution in [0.15, 0.2) is 76.9 Å². The molecule has 1 aliphatic heterocycles. The van der Waals surface area contributed by atoms with Gasteiger partial charge >= 0.3 is 17.9 Å². The van der Waals surface area contributed by atoms with Crippen molar-refractivity contribution in [3.05, 3.63) is 88.8 Å². The van der Waals surface area contributed by atoms with Gasteiger partial charge in [0.25, 0.3) is 0 Å². The molecule has 0 bridgehead atoms. The Morgan fingerprint density at radius 1 is 0.821 bits per heavy atom. The smallest absolute Gasteiger partial charge is 0.342 e. The number of carbonyl (C=O) groups is 5. The molecule has 3 aromatic rings. The van der Waals surface area contributed by atoms with Gasteiger partial charge in [0, 0.05) is 22.3 Å². The SMILES string of the molecule is CCOC(=O)C1=C(c2ccccc2)C(=Cc2[nH]c(NC(=O)C(C)SCCOC(=O)C(C)(C)CC)c(C(=O)OCC)c2-c2ccccc2)N=C1NC(=O)C(C)(C)C. The van der Waals surface area contributed by atoms with Gasteiger partial charge in [-0.2, -0.15) is 0 Å². The van der Waals surface area contributed by atoms with Gasteiger partial charge in [-0.05, 0) is 58.2 Å². The lowest BCUT2D eigenvalue weighted by molar-refractivity contribution is -0.153. The molecule has 0 spiro atoms. The normalized spacial score (nSPS) is 14.2. The van der Waals surface area contributed by atoms with Gasteiger partial charge in [-0.3, -0.25) is 14.4 Å². The molecular formula is C43H52N4O8S. The number of benzene rings is 2. The molecule has 4 rings (SSSR count). The molecule has 0 aliphatic carbocycles. The van der Waals surface area contributed by atoms with E-state index in [0.717, 1.165) is 0 Å². The molecule has 2 heterocycles. The van der Waals surface area contributed by atoms with Crippen LogP contribution in [-0.2, 0) is 33.4 Å². The van der Waals surface area contributed by atoms with Crippen LogP contribution in [0.4, 0.5) is 5.82 Å². The predicted octanol–water partition coefficient (Wildman–Crippen LogP) is 7.83. The van der Waals surface area contributed by atoms with E-state index >= 15 is 0 Å². The molecule has 56 heavy (non-hydrogen) atoms. The number of amides is 2. The Morgan fingerprint density at radius 2 is 1.41 bits per heavy atom. The first kappa shape index (κ1) is 43.3. The minimum atomic E-state index is -0.810. The third-order valence-electron chi connectivity index (χ3n) is 9.02. The van der Waals surface area contributed by atoms with Crippen LogP contribution in [0.3, 0.4) is 0 Å². The van der Waals surface area contributed by atoms with Crippen LogP contribution in [-0.4, -0.2) is 71.4 Å². The van der Waals surface area contributed by atoms with E-state index < -0.39 is 33.9 Å². The summed E-state index contributed by atoms with van der Waals surface area (Å²) in [5, 5.41) is 5.14. The summed E-state index contributed by atoms with van der Waals surface area (Å²) >= 11 is 1.30. The summed E-state index contributed by atoms with van der Waals surface area (Å²) < 4.78 is 16.4. The number of anilines is 1. The second-order valence-corrected chi connectivity index (χ2v) is 16.1. The number of carbonyl (C=O) groups excluding carboxylic acids is 5. The number of esters is 3. The average molecular weight is 785 g/mol. The molecule has 1 aliphatic rings. The Balaban J connectivity index is 1.86. The van der Waals surface area contributed by atoms with Crippen LogP contribution in [0.25, 0.3) is 22.8 Å². The van der Waals surface area contributed by atoms with Crippen molar-refractivity contribution in [2.45, 2.75) is 74.0 Å². The monoisotopic (exact) mass is 784 g/mol. The van der Waals surface area contributed by atoms with E-state index in [1.165, 1.54) is 11.8 Å². The number of amidine groups is 1. The summed E-state index contributed by atoms with van der Waals surface area (Å²) in [6.07, 6.45) is 2.31. The number of allylic oxidation sites excluding steroid dienone is 1. The van der Waals surface area contributed by atoms with Crippen LogP contribution in [0, 0.1) is 10.8 Å². The Bertz CT molecular complexity index is 2020. The van der Waals surface area contributed by atoms with Crippen molar-refractivity contribution in [1.29, 1.82) is 0 Å². The number of aromatic amines is 1. The third kappa shape index (κ3) is 10.4. The number of hydrogen-bond donors (Lipinski definition) is 3. The fourth-order valence-corrected chi connectivity index (χ4v) is 6.18. The van der Waals surface area contributed by atoms with E-state index in [1.54, 1.807) is 47.6 Å². The van der Waals surface area contributed by atoms with Crippen molar-refractivity contribution >= 4 is 64.8 Å². The molecule has 13 heteroatoms. The topological polar surface area (TPSA) is 165 Å². The molecular weight excluding hydrogens is 733 g/mol. The predicted molar refractivity (Wildman–Crippen MR) is 221 cm³/mol. The zero-order valence-corrected chi connectivity index (χ0v) is 34.4. The second-order valence-electron chi connectivity index (χ2n) is 14.7. The Hall–Kier alpha value is -5.43. The molecule has 2 amide bonds. The minimum Gasteiger partial charge on any atom is -0.464 e. The fourth-order valence-electron chi connectivity index (χ4n) is 5.44. The number of hydrogen-bond acceptors (Lipinski definition) is 10. The van der Waals surface area contributed by atoms with Gasteiger partial charge < -0.3 is 29.8 Å². The highest BCUT2D eigenvalue weighted by Gasteiger charge is 2.35. The zero-order chi connectivity index (χ0) is 41.2. The number of H-pyrrole nitrogens is 1. The summed E-state index contributed by atoms with van der Waals surface area (Å²) in [4.78, 5) is 74.9. The van der Waals surface area contributed by atoms with Crippen LogP contribution in [0.5, 0.6) is 0 Å². The molecule has 0 saturated heterocycles. The summed E-state index contributed by atoms with van der Waals surface area (Å²) in [6, 6.07) is 18.2. The molecule has 1 unspecified atom stereocenters. The van der Waals surface area contributed by atoms with Crippen LogP contribution >= 0.6 is 11.8 Å². The highest BCUT2D eigenvalue weighted by atomic mass is 32.2. The van der Waals surface area contributed by atoms with Gasteiger partial charge in [0.2, 0.25) is 11.8 Å². The first-order valence-electron chi connectivity index (χ1n) is 18.7. The van der Waals surface area contributed by atoms with E-state index in [9.17, 15) is 24.0 Å². The fraction of sp³-hybridized carbons (Fsp3) is 0.395. The molecule has 1 aromatic heterocycles. The van der Waals surface area contributed by atoms with E-state index in [2.05, 4.69) is 15.6 Å². The van der Waals surface area contributed by atoms with Gasteiger partial charge in [-0.15, -0.1) is 11.8 Å². The molecule has 12 nitrogen and oxygen atoms in total. The summed E-state index contributed by atoms with van der Waals surface area (Å²) in [5.74, 6) is -1.90. The summed E-state index contributed by atoms with van der Waals surface area (Å²) in [7, 11) is 0. The first-order valence-corrected chi connectivity index (χ1v) is 19.8. The number of thioether (sulfide) groups is 1.